The van der Waals surface area contributed by atoms with Crippen molar-refractivity contribution in [3.63, 3.8) is 0 Å². The van der Waals surface area contributed by atoms with Gasteiger partial charge in [0.2, 0.25) is 5.91 Å². The third kappa shape index (κ3) is 2.98. The lowest BCUT2D eigenvalue weighted by molar-refractivity contribution is -0.118. The van der Waals surface area contributed by atoms with Crippen molar-refractivity contribution in [3.05, 3.63) is 46.1 Å². The van der Waals surface area contributed by atoms with E-state index in [9.17, 15) is 9.59 Å². The number of benzene rings is 1. The second-order valence-electron chi connectivity index (χ2n) is 4.48. The second-order valence-corrected chi connectivity index (χ2v) is 5.33. The van der Waals surface area contributed by atoms with E-state index in [4.69, 9.17) is 27.6 Å². The van der Waals surface area contributed by atoms with Gasteiger partial charge >= 0.3 is 6.03 Å². The van der Waals surface area contributed by atoms with Crippen LogP contribution in [0.1, 0.15) is 5.76 Å². The van der Waals surface area contributed by atoms with Crippen LogP contribution < -0.4 is 5.32 Å². The van der Waals surface area contributed by atoms with Crippen LogP contribution in [-0.4, -0.2) is 29.7 Å². The maximum Gasteiger partial charge on any atom is 0.344 e. The third-order valence-electron chi connectivity index (χ3n) is 2.92. The lowest BCUT2D eigenvalue weighted by Gasteiger charge is -2.03. The number of nitrogens with one attached hydrogen (secondary N) is 1. The van der Waals surface area contributed by atoms with Gasteiger partial charge in [-0.05, 0) is 30.3 Å². The molecule has 1 aliphatic rings. The molecule has 1 saturated heterocycles. The summed E-state index contributed by atoms with van der Waals surface area (Å²) < 4.78 is 5.59. The van der Waals surface area contributed by atoms with Crippen molar-refractivity contribution < 1.29 is 14.0 Å². The zero-order valence-corrected chi connectivity index (χ0v) is 12.6. The van der Waals surface area contributed by atoms with Gasteiger partial charge in [0.25, 0.3) is 0 Å². The number of carbonyl (C=O) groups excluding carboxylic acids is 2. The summed E-state index contributed by atoms with van der Waals surface area (Å²) in [7, 11) is 0. The Morgan fingerprint density at radius 3 is 2.73 bits per heavy atom. The van der Waals surface area contributed by atoms with Crippen LogP contribution in [0.4, 0.5) is 4.79 Å². The average molecular weight is 338 g/mol. The van der Waals surface area contributed by atoms with Crippen LogP contribution in [0.25, 0.3) is 11.3 Å². The van der Waals surface area contributed by atoms with E-state index < -0.39 is 11.9 Å². The fourth-order valence-electron chi connectivity index (χ4n) is 1.91. The van der Waals surface area contributed by atoms with Crippen LogP contribution in [0.2, 0.25) is 10.0 Å². The Labute approximate surface area is 135 Å². The second kappa shape index (κ2) is 5.82. The lowest BCUT2D eigenvalue weighted by atomic mass is 10.2. The first kappa shape index (κ1) is 14.6. The summed E-state index contributed by atoms with van der Waals surface area (Å²) in [5.41, 5.74) is 0.694. The van der Waals surface area contributed by atoms with Gasteiger partial charge in [0.1, 0.15) is 18.1 Å². The Balaban J connectivity index is 1.79. The minimum Gasteiger partial charge on any atom is -0.455 e. The smallest absolute Gasteiger partial charge is 0.344 e. The van der Waals surface area contributed by atoms with E-state index in [-0.39, 0.29) is 6.54 Å². The first-order chi connectivity index (χ1) is 10.5. The minimum absolute atomic E-state index is 0.105. The Bertz CT molecular complexity index is 785. The molecule has 1 aliphatic heterocycles. The number of furan rings is 1. The highest BCUT2D eigenvalue weighted by Crippen LogP contribution is 2.31. The number of hydrogen-bond acceptors (Lipinski definition) is 4. The standard InChI is InChI=1S/C14H9Cl2N3O3/c15-8-1-3-10(11(16)5-8)12-4-2-9(22-12)6-17-19-7-13(20)18-14(19)21/h1-6H,7H2,(H,18,20,21). The Hall–Kier alpha value is -2.31. The molecule has 0 bridgehead atoms. The summed E-state index contributed by atoms with van der Waals surface area (Å²) in [5, 5.41) is 8.03. The fraction of sp³-hybridized carbons (Fsp3) is 0.0714. The number of nitrogens with zero attached hydrogens (tertiary/aromatic N) is 2. The molecule has 0 radical (unpaired) electrons. The van der Waals surface area contributed by atoms with Crippen LogP contribution in [0.3, 0.4) is 0 Å². The molecule has 112 valence electrons. The first-order valence-corrected chi connectivity index (χ1v) is 6.99. The predicted octanol–water partition coefficient (Wildman–Crippen LogP) is 3.14. The molecule has 0 unspecified atom stereocenters. The molecule has 6 nitrogen and oxygen atoms in total. The van der Waals surface area contributed by atoms with Crippen molar-refractivity contribution >= 4 is 41.4 Å². The van der Waals surface area contributed by atoms with Crippen molar-refractivity contribution in [3.8, 4) is 11.3 Å². The molecule has 0 saturated carbocycles. The van der Waals surface area contributed by atoms with Gasteiger partial charge in [-0.2, -0.15) is 5.10 Å². The molecule has 0 aliphatic carbocycles. The molecule has 2 aromatic rings. The maximum atomic E-state index is 11.3. The number of halogens is 2. The molecule has 1 N–H and O–H groups in total. The SMILES string of the molecule is O=C1CN(N=Cc2ccc(-c3ccc(Cl)cc3Cl)o2)C(=O)N1. The molecule has 1 fully saturated rings. The van der Waals surface area contributed by atoms with Gasteiger partial charge in [-0.25, -0.2) is 9.80 Å². The van der Waals surface area contributed by atoms with Crippen LogP contribution in [0.15, 0.2) is 39.9 Å². The highest BCUT2D eigenvalue weighted by molar-refractivity contribution is 6.36. The van der Waals surface area contributed by atoms with Gasteiger partial charge in [-0.15, -0.1) is 0 Å². The summed E-state index contributed by atoms with van der Waals surface area (Å²) in [6.07, 6.45) is 1.35. The number of amides is 3. The highest BCUT2D eigenvalue weighted by atomic mass is 35.5. The summed E-state index contributed by atoms with van der Waals surface area (Å²) in [6, 6.07) is 7.92. The average Bonchev–Trinajstić information content (AvgIpc) is 3.03. The topological polar surface area (TPSA) is 74.9 Å². The summed E-state index contributed by atoms with van der Waals surface area (Å²) in [5.74, 6) is 0.577. The van der Waals surface area contributed by atoms with E-state index in [1.54, 1.807) is 30.3 Å². The lowest BCUT2D eigenvalue weighted by Crippen LogP contribution is -2.24. The van der Waals surface area contributed by atoms with E-state index in [1.807, 2.05) is 0 Å². The van der Waals surface area contributed by atoms with Gasteiger partial charge in [-0.1, -0.05) is 23.2 Å². The normalized spacial score (nSPS) is 14.9. The van der Waals surface area contributed by atoms with Crippen molar-refractivity contribution in [2.24, 2.45) is 5.10 Å². The van der Waals surface area contributed by atoms with Crippen molar-refractivity contribution in [1.82, 2.24) is 10.3 Å². The Morgan fingerprint density at radius 2 is 2.05 bits per heavy atom. The summed E-state index contributed by atoms with van der Waals surface area (Å²) in [6.45, 7) is -0.105. The molecule has 3 rings (SSSR count). The number of hydrazone groups is 1. The summed E-state index contributed by atoms with van der Waals surface area (Å²) in [4.78, 5) is 22.4. The van der Waals surface area contributed by atoms with Crippen LogP contribution in [0.5, 0.6) is 0 Å². The number of urea groups is 1. The fourth-order valence-corrected chi connectivity index (χ4v) is 2.41. The number of hydrogen-bond donors (Lipinski definition) is 1. The molecular formula is C14H9Cl2N3O3. The van der Waals surface area contributed by atoms with Gasteiger partial charge < -0.3 is 4.42 Å². The molecule has 8 heteroatoms. The monoisotopic (exact) mass is 337 g/mol. The zero-order valence-electron chi connectivity index (χ0n) is 11.0. The minimum atomic E-state index is -0.561. The number of carbonyl (C=O) groups is 2. The molecule has 1 aromatic carbocycles. The van der Waals surface area contributed by atoms with E-state index in [0.717, 1.165) is 5.01 Å². The van der Waals surface area contributed by atoms with E-state index in [1.165, 1.54) is 6.21 Å². The van der Waals surface area contributed by atoms with Crippen LogP contribution >= 0.6 is 23.2 Å². The van der Waals surface area contributed by atoms with Gasteiger partial charge in [0.15, 0.2) is 0 Å². The number of rotatable bonds is 3. The van der Waals surface area contributed by atoms with Crippen LogP contribution in [0, 0.1) is 0 Å². The first-order valence-electron chi connectivity index (χ1n) is 6.23. The largest absolute Gasteiger partial charge is 0.455 e. The summed E-state index contributed by atoms with van der Waals surface area (Å²) >= 11 is 12.0. The van der Waals surface area contributed by atoms with Gasteiger partial charge in [-0.3, -0.25) is 10.1 Å². The highest BCUT2D eigenvalue weighted by Gasteiger charge is 2.26. The predicted molar refractivity (Wildman–Crippen MR) is 82.0 cm³/mol. The van der Waals surface area contributed by atoms with Crippen molar-refractivity contribution in [2.45, 2.75) is 0 Å². The number of imide groups is 1. The van der Waals surface area contributed by atoms with Crippen molar-refractivity contribution in [2.75, 3.05) is 6.54 Å². The van der Waals surface area contributed by atoms with Gasteiger partial charge in [0, 0.05) is 10.6 Å². The maximum absolute atomic E-state index is 11.3. The molecule has 2 heterocycles. The quantitative estimate of drug-likeness (QED) is 0.690. The molecule has 0 atom stereocenters. The molecule has 0 spiro atoms. The van der Waals surface area contributed by atoms with E-state index in [2.05, 4.69) is 10.4 Å². The van der Waals surface area contributed by atoms with Crippen molar-refractivity contribution in [1.29, 1.82) is 0 Å². The Kier molecular flexibility index (Phi) is 3.87. The third-order valence-corrected chi connectivity index (χ3v) is 3.47. The zero-order chi connectivity index (χ0) is 15.7. The molecule has 22 heavy (non-hydrogen) atoms. The van der Waals surface area contributed by atoms with Gasteiger partial charge in [0.05, 0.1) is 11.2 Å². The van der Waals surface area contributed by atoms with E-state index >= 15 is 0 Å². The molecular weight excluding hydrogens is 329 g/mol. The molecule has 3 amide bonds. The molecule has 1 aromatic heterocycles. The van der Waals surface area contributed by atoms with E-state index in [0.29, 0.717) is 27.1 Å². The Morgan fingerprint density at radius 1 is 1.23 bits per heavy atom. The van der Waals surface area contributed by atoms with Crippen LogP contribution in [-0.2, 0) is 4.79 Å².